The van der Waals surface area contributed by atoms with Gasteiger partial charge in [-0.25, -0.2) is 4.98 Å². The zero-order chi connectivity index (χ0) is 17.9. The van der Waals surface area contributed by atoms with Gasteiger partial charge in [0.05, 0.1) is 19.1 Å². The quantitative estimate of drug-likeness (QED) is 0.565. The van der Waals surface area contributed by atoms with E-state index in [9.17, 15) is 4.79 Å². The highest BCUT2D eigenvalue weighted by Gasteiger charge is 2.16. The maximum absolute atomic E-state index is 12.3. The Morgan fingerprint density at radius 1 is 1.19 bits per heavy atom. The molecule has 0 fully saturated rings. The molecule has 26 heavy (non-hydrogen) atoms. The fourth-order valence-electron chi connectivity index (χ4n) is 2.32. The number of anilines is 1. The number of thiazole rings is 1. The van der Waals surface area contributed by atoms with Crippen molar-refractivity contribution in [3.63, 3.8) is 0 Å². The van der Waals surface area contributed by atoms with Crippen LogP contribution in [0.4, 0.5) is 5.13 Å². The predicted octanol–water partition coefficient (Wildman–Crippen LogP) is 4.32. The van der Waals surface area contributed by atoms with Gasteiger partial charge in [0.2, 0.25) is 5.76 Å². The second-order valence-electron chi connectivity index (χ2n) is 5.28. The van der Waals surface area contributed by atoms with Crippen molar-refractivity contribution in [2.45, 2.75) is 0 Å². The number of benzene rings is 1. The minimum absolute atomic E-state index is 0.148. The molecule has 3 aromatic heterocycles. The number of rotatable bonds is 5. The van der Waals surface area contributed by atoms with Crippen LogP contribution in [0.25, 0.3) is 22.8 Å². The summed E-state index contributed by atoms with van der Waals surface area (Å²) < 4.78 is 15.6. The van der Waals surface area contributed by atoms with Crippen molar-refractivity contribution in [1.29, 1.82) is 0 Å². The first-order chi connectivity index (χ1) is 12.7. The van der Waals surface area contributed by atoms with Gasteiger partial charge in [-0.3, -0.25) is 10.1 Å². The number of hydrogen-bond donors (Lipinski definition) is 1. The van der Waals surface area contributed by atoms with Crippen LogP contribution in [0.15, 0.2) is 63.0 Å². The van der Waals surface area contributed by atoms with E-state index < -0.39 is 5.91 Å². The number of carbonyl (C=O) groups is 1. The summed E-state index contributed by atoms with van der Waals surface area (Å²) in [4.78, 5) is 16.8. The Kier molecular flexibility index (Phi) is 4.24. The van der Waals surface area contributed by atoms with Gasteiger partial charge in [0, 0.05) is 17.0 Å². The van der Waals surface area contributed by atoms with Crippen LogP contribution < -0.4 is 10.1 Å². The lowest BCUT2D eigenvalue weighted by Gasteiger charge is -2.01. The average molecular weight is 367 g/mol. The third kappa shape index (κ3) is 3.22. The summed E-state index contributed by atoms with van der Waals surface area (Å²) in [5, 5.41) is 8.82. The summed E-state index contributed by atoms with van der Waals surface area (Å²) in [7, 11) is 1.61. The van der Waals surface area contributed by atoms with Crippen molar-refractivity contribution in [2.75, 3.05) is 12.4 Å². The van der Waals surface area contributed by atoms with Crippen molar-refractivity contribution in [3.8, 4) is 28.5 Å². The predicted molar refractivity (Wildman–Crippen MR) is 96.3 cm³/mol. The molecule has 0 unspecified atom stereocenters. The van der Waals surface area contributed by atoms with E-state index in [0.29, 0.717) is 16.7 Å². The van der Waals surface area contributed by atoms with Crippen LogP contribution >= 0.6 is 11.3 Å². The second-order valence-corrected chi connectivity index (χ2v) is 6.14. The Hall–Kier alpha value is -3.39. The summed E-state index contributed by atoms with van der Waals surface area (Å²) in [6.07, 6.45) is 1.52. The summed E-state index contributed by atoms with van der Waals surface area (Å²) in [6.45, 7) is 0. The highest BCUT2D eigenvalue weighted by atomic mass is 32.1. The van der Waals surface area contributed by atoms with Crippen LogP contribution in [0.1, 0.15) is 10.5 Å². The number of amides is 1. The number of methoxy groups -OCH3 is 1. The van der Waals surface area contributed by atoms with Crippen LogP contribution in [0, 0.1) is 0 Å². The number of ether oxygens (including phenoxy) is 1. The van der Waals surface area contributed by atoms with E-state index in [1.165, 1.54) is 23.7 Å². The molecule has 130 valence electrons. The zero-order valence-electron chi connectivity index (χ0n) is 13.6. The van der Waals surface area contributed by atoms with Crippen LogP contribution in [0.3, 0.4) is 0 Å². The number of nitrogens with one attached hydrogen (secondary N) is 1. The molecule has 3 heterocycles. The highest BCUT2D eigenvalue weighted by molar-refractivity contribution is 7.14. The Labute approximate surface area is 152 Å². The number of aromatic nitrogens is 2. The van der Waals surface area contributed by atoms with Gasteiger partial charge >= 0.3 is 0 Å². The van der Waals surface area contributed by atoms with Crippen LogP contribution in [0.5, 0.6) is 5.75 Å². The standard InChI is InChI=1S/C18H13N3O4S/c1-23-12-5-2-4-11(8-12)14-10-26-18(19-14)20-17(22)13-9-16(25-21-13)15-6-3-7-24-15/h2-10H,1H3,(H,19,20,22). The molecule has 0 atom stereocenters. The fourth-order valence-corrected chi connectivity index (χ4v) is 3.04. The van der Waals surface area contributed by atoms with Gasteiger partial charge in [0.25, 0.3) is 5.91 Å². The van der Waals surface area contributed by atoms with Gasteiger partial charge in [0.15, 0.2) is 16.6 Å². The second kappa shape index (κ2) is 6.85. The largest absolute Gasteiger partial charge is 0.497 e. The monoisotopic (exact) mass is 367 g/mol. The van der Waals surface area contributed by atoms with Gasteiger partial charge in [-0.2, -0.15) is 0 Å². The molecule has 0 aliphatic rings. The Balaban J connectivity index is 1.49. The molecule has 0 aliphatic heterocycles. The molecule has 8 heteroatoms. The first kappa shape index (κ1) is 16.1. The summed E-state index contributed by atoms with van der Waals surface area (Å²) >= 11 is 1.32. The summed E-state index contributed by atoms with van der Waals surface area (Å²) in [5.74, 6) is 1.23. The van der Waals surface area contributed by atoms with E-state index in [1.807, 2.05) is 29.6 Å². The van der Waals surface area contributed by atoms with Gasteiger partial charge in [-0.1, -0.05) is 17.3 Å². The first-order valence-corrected chi connectivity index (χ1v) is 8.53. The van der Waals surface area contributed by atoms with Crippen LogP contribution in [-0.4, -0.2) is 23.2 Å². The lowest BCUT2D eigenvalue weighted by Crippen LogP contribution is -2.11. The molecular weight excluding hydrogens is 354 g/mol. The zero-order valence-corrected chi connectivity index (χ0v) is 14.4. The third-order valence-electron chi connectivity index (χ3n) is 3.60. The Morgan fingerprint density at radius 2 is 2.12 bits per heavy atom. The molecule has 1 aromatic carbocycles. The molecule has 1 amide bonds. The Bertz CT molecular complexity index is 1040. The molecule has 4 aromatic rings. The van der Waals surface area contributed by atoms with E-state index >= 15 is 0 Å². The van der Waals surface area contributed by atoms with E-state index in [-0.39, 0.29) is 5.69 Å². The molecule has 0 aliphatic carbocycles. The van der Waals surface area contributed by atoms with E-state index in [0.717, 1.165) is 17.0 Å². The Morgan fingerprint density at radius 3 is 2.92 bits per heavy atom. The topological polar surface area (TPSA) is 90.4 Å². The van der Waals surface area contributed by atoms with Gasteiger partial charge in [-0.15, -0.1) is 11.3 Å². The molecule has 0 radical (unpaired) electrons. The van der Waals surface area contributed by atoms with Crippen molar-refractivity contribution in [1.82, 2.24) is 10.1 Å². The number of nitrogens with zero attached hydrogens (tertiary/aromatic N) is 2. The number of furan rings is 1. The minimum atomic E-state index is -0.405. The van der Waals surface area contributed by atoms with Crippen LogP contribution in [-0.2, 0) is 0 Å². The molecule has 0 bridgehead atoms. The van der Waals surface area contributed by atoms with Crippen molar-refractivity contribution < 1.29 is 18.5 Å². The van der Waals surface area contributed by atoms with Crippen molar-refractivity contribution >= 4 is 22.4 Å². The third-order valence-corrected chi connectivity index (χ3v) is 4.35. The van der Waals surface area contributed by atoms with Crippen LogP contribution in [0.2, 0.25) is 0 Å². The average Bonchev–Trinajstić information content (AvgIpc) is 3.41. The molecule has 0 spiro atoms. The normalized spacial score (nSPS) is 10.7. The molecule has 0 saturated carbocycles. The maximum atomic E-state index is 12.3. The number of hydrogen-bond acceptors (Lipinski definition) is 7. The first-order valence-electron chi connectivity index (χ1n) is 7.65. The maximum Gasteiger partial charge on any atom is 0.279 e. The van der Waals surface area contributed by atoms with Gasteiger partial charge in [0.1, 0.15) is 5.75 Å². The van der Waals surface area contributed by atoms with E-state index in [4.69, 9.17) is 13.7 Å². The molecule has 4 rings (SSSR count). The molecule has 7 nitrogen and oxygen atoms in total. The molecule has 1 N–H and O–H groups in total. The lowest BCUT2D eigenvalue weighted by atomic mass is 10.2. The highest BCUT2D eigenvalue weighted by Crippen LogP contribution is 2.28. The smallest absolute Gasteiger partial charge is 0.279 e. The van der Waals surface area contributed by atoms with E-state index in [2.05, 4.69) is 15.5 Å². The summed E-state index contributed by atoms with van der Waals surface area (Å²) in [6, 6.07) is 12.5. The SMILES string of the molecule is COc1cccc(-c2csc(NC(=O)c3cc(-c4ccco4)on3)n2)c1. The molecular formula is C18H13N3O4S. The van der Waals surface area contributed by atoms with Crippen molar-refractivity contribution in [2.24, 2.45) is 0 Å². The number of carbonyl (C=O) groups excluding carboxylic acids is 1. The van der Waals surface area contributed by atoms with Gasteiger partial charge < -0.3 is 13.7 Å². The van der Waals surface area contributed by atoms with Crippen molar-refractivity contribution in [3.05, 3.63) is 59.8 Å². The molecule has 0 saturated heterocycles. The van der Waals surface area contributed by atoms with Gasteiger partial charge in [-0.05, 0) is 24.3 Å². The van der Waals surface area contributed by atoms with E-state index in [1.54, 1.807) is 19.2 Å². The minimum Gasteiger partial charge on any atom is -0.497 e. The summed E-state index contributed by atoms with van der Waals surface area (Å²) in [5.41, 5.74) is 1.80. The lowest BCUT2D eigenvalue weighted by molar-refractivity contribution is 0.101. The fraction of sp³-hybridized carbons (Fsp3) is 0.0556.